The molecular weight excluding hydrogens is 324 g/mol. The molecular formula is C23H30O3. The first kappa shape index (κ1) is 20.0. The summed E-state index contributed by atoms with van der Waals surface area (Å²) in [6.07, 6.45) is 8.26. The van der Waals surface area contributed by atoms with Gasteiger partial charge in [-0.15, -0.1) is 0 Å². The molecule has 0 saturated heterocycles. The summed E-state index contributed by atoms with van der Waals surface area (Å²) in [7, 11) is 0. The average molecular weight is 354 g/mol. The minimum Gasteiger partial charge on any atom is -0.504 e. The van der Waals surface area contributed by atoms with E-state index in [1.165, 1.54) is 25.7 Å². The van der Waals surface area contributed by atoms with E-state index in [9.17, 15) is 9.90 Å². The van der Waals surface area contributed by atoms with Crippen molar-refractivity contribution in [3.8, 4) is 17.2 Å². The van der Waals surface area contributed by atoms with Crippen LogP contribution in [-0.2, 0) is 6.42 Å². The highest BCUT2D eigenvalue weighted by atomic mass is 16.5. The Labute approximate surface area is 157 Å². The minimum atomic E-state index is 0.0856. The standard InChI is InChI=1S/C23H30O3/c1-3-5-6-7-8-12-15-20-19(21(24)4-2)16-17-22(25)23(20)26-18-13-10-9-11-14-18/h9-11,13-14,16-17,25H,3-8,12,15H2,1-2H3. The van der Waals surface area contributed by atoms with Crippen LogP contribution in [0.3, 0.4) is 0 Å². The normalized spacial score (nSPS) is 10.7. The monoisotopic (exact) mass is 354 g/mol. The summed E-state index contributed by atoms with van der Waals surface area (Å²) in [6.45, 7) is 4.07. The van der Waals surface area contributed by atoms with E-state index in [-0.39, 0.29) is 11.5 Å². The SMILES string of the molecule is CCCCCCCCc1c(C(=O)CC)ccc(O)c1Oc1ccccc1. The summed E-state index contributed by atoms with van der Waals surface area (Å²) in [5.74, 6) is 1.25. The number of aromatic hydroxyl groups is 1. The summed E-state index contributed by atoms with van der Waals surface area (Å²) in [6, 6.07) is 12.7. The number of ketones is 1. The first-order valence-electron chi connectivity index (χ1n) is 9.78. The molecule has 0 aliphatic rings. The number of carbonyl (C=O) groups is 1. The predicted octanol–water partition coefficient (Wildman–Crippen LogP) is 6.68. The van der Waals surface area contributed by atoms with E-state index in [1.54, 1.807) is 12.1 Å². The number of hydrogen-bond donors (Lipinski definition) is 1. The number of hydrogen-bond acceptors (Lipinski definition) is 3. The molecule has 0 heterocycles. The molecule has 0 atom stereocenters. The van der Waals surface area contributed by atoms with E-state index in [1.807, 2.05) is 37.3 Å². The molecule has 26 heavy (non-hydrogen) atoms. The zero-order valence-corrected chi connectivity index (χ0v) is 16.0. The number of rotatable bonds is 11. The van der Waals surface area contributed by atoms with Crippen LogP contribution in [0.15, 0.2) is 42.5 Å². The van der Waals surface area contributed by atoms with Gasteiger partial charge in [0.2, 0.25) is 0 Å². The fraction of sp³-hybridized carbons (Fsp3) is 0.435. The van der Waals surface area contributed by atoms with Crippen molar-refractivity contribution in [2.75, 3.05) is 0 Å². The topological polar surface area (TPSA) is 46.5 Å². The van der Waals surface area contributed by atoms with Gasteiger partial charge in [0.25, 0.3) is 0 Å². The summed E-state index contributed by atoms with van der Waals surface area (Å²) < 4.78 is 5.97. The maximum Gasteiger partial charge on any atom is 0.172 e. The van der Waals surface area contributed by atoms with Crippen molar-refractivity contribution in [1.29, 1.82) is 0 Å². The summed E-state index contributed by atoms with van der Waals surface area (Å²) in [5, 5.41) is 10.4. The molecule has 0 aliphatic carbocycles. The lowest BCUT2D eigenvalue weighted by Crippen LogP contribution is -2.05. The second-order valence-electron chi connectivity index (χ2n) is 6.65. The summed E-state index contributed by atoms with van der Waals surface area (Å²) in [4.78, 5) is 12.4. The zero-order chi connectivity index (χ0) is 18.8. The Hall–Kier alpha value is -2.29. The third kappa shape index (κ3) is 5.62. The van der Waals surface area contributed by atoms with Crippen molar-refractivity contribution in [2.24, 2.45) is 0 Å². The van der Waals surface area contributed by atoms with Crippen molar-refractivity contribution >= 4 is 5.78 Å². The van der Waals surface area contributed by atoms with Crippen molar-refractivity contribution in [3.63, 3.8) is 0 Å². The van der Waals surface area contributed by atoms with Crippen molar-refractivity contribution in [3.05, 3.63) is 53.6 Å². The van der Waals surface area contributed by atoms with Crippen molar-refractivity contribution < 1.29 is 14.6 Å². The number of para-hydroxylation sites is 1. The molecule has 140 valence electrons. The highest BCUT2D eigenvalue weighted by Gasteiger charge is 2.19. The van der Waals surface area contributed by atoms with Gasteiger partial charge in [-0.05, 0) is 37.1 Å². The number of ether oxygens (including phenoxy) is 1. The van der Waals surface area contributed by atoms with Crippen molar-refractivity contribution in [1.82, 2.24) is 0 Å². The van der Waals surface area contributed by atoms with Gasteiger partial charge >= 0.3 is 0 Å². The van der Waals surface area contributed by atoms with Crippen LogP contribution in [0.25, 0.3) is 0 Å². The highest BCUT2D eigenvalue weighted by molar-refractivity contribution is 5.98. The molecule has 0 saturated carbocycles. The number of phenolic OH excluding ortho intramolecular Hbond substituents is 1. The van der Waals surface area contributed by atoms with E-state index >= 15 is 0 Å². The molecule has 0 aromatic heterocycles. The van der Waals surface area contributed by atoms with Gasteiger partial charge in [0.05, 0.1) is 0 Å². The third-order valence-electron chi connectivity index (χ3n) is 4.60. The molecule has 0 spiro atoms. The number of phenols is 1. The van der Waals surface area contributed by atoms with Crippen LogP contribution < -0.4 is 4.74 Å². The quantitative estimate of drug-likeness (QED) is 0.361. The molecule has 2 aromatic carbocycles. The number of unbranched alkanes of at least 4 members (excludes halogenated alkanes) is 5. The third-order valence-corrected chi connectivity index (χ3v) is 4.60. The van der Waals surface area contributed by atoms with Crippen LogP contribution in [0.4, 0.5) is 0 Å². The second-order valence-corrected chi connectivity index (χ2v) is 6.65. The minimum absolute atomic E-state index is 0.0856. The van der Waals surface area contributed by atoms with Gasteiger partial charge in [0, 0.05) is 17.5 Å². The number of Topliss-reactive ketones (excluding diaryl/α,β-unsaturated/α-hetero) is 1. The lowest BCUT2D eigenvalue weighted by Gasteiger charge is -2.16. The first-order valence-corrected chi connectivity index (χ1v) is 9.78. The Morgan fingerprint density at radius 3 is 2.31 bits per heavy atom. The number of carbonyl (C=O) groups excluding carboxylic acids is 1. The smallest absolute Gasteiger partial charge is 0.172 e. The molecule has 3 nitrogen and oxygen atoms in total. The van der Waals surface area contributed by atoms with E-state index < -0.39 is 0 Å². The van der Waals surface area contributed by atoms with Crippen LogP contribution >= 0.6 is 0 Å². The van der Waals surface area contributed by atoms with Crippen molar-refractivity contribution in [2.45, 2.75) is 65.2 Å². The fourth-order valence-electron chi connectivity index (χ4n) is 3.12. The predicted molar refractivity (Wildman–Crippen MR) is 106 cm³/mol. The van der Waals surface area contributed by atoms with E-state index in [2.05, 4.69) is 6.92 Å². The van der Waals surface area contributed by atoms with Crippen LogP contribution in [0.5, 0.6) is 17.2 Å². The Bertz CT molecular complexity index is 692. The van der Waals surface area contributed by atoms with Gasteiger partial charge in [0.15, 0.2) is 17.3 Å². The Balaban J connectivity index is 2.22. The maximum atomic E-state index is 12.4. The van der Waals surface area contributed by atoms with Gasteiger partial charge in [-0.2, -0.15) is 0 Å². The highest BCUT2D eigenvalue weighted by Crippen LogP contribution is 2.37. The van der Waals surface area contributed by atoms with Crippen LogP contribution in [0, 0.1) is 0 Å². The Kier molecular flexibility index (Phi) is 8.20. The Morgan fingerprint density at radius 2 is 1.62 bits per heavy atom. The summed E-state index contributed by atoms with van der Waals surface area (Å²) >= 11 is 0. The van der Waals surface area contributed by atoms with Gasteiger partial charge in [-0.3, -0.25) is 4.79 Å². The molecule has 0 aliphatic heterocycles. The van der Waals surface area contributed by atoms with E-state index in [4.69, 9.17) is 4.74 Å². The fourth-order valence-corrected chi connectivity index (χ4v) is 3.12. The maximum absolute atomic E-state index is 12.4. The first-order chi connectivity index (χ1) is 12.7. The average Bonchev–Trinajstić information content (AvgIpc) is 2.67. The second kappa shape index (κ2) is 10.6. The van der Waals surface area contributed by atoms with E-state index in [0.717, 1.165) is 24.8 Å². The van der Waals surface area contributed by atoms with Crippen LogP contribution in [0.1, 0.15) is 74.7 Å². The Morgan fingerprint density at radius 1 is 0.923 bits per heavy atom. The largest absolute Gasteiger partial charge is 0.504 e. The van der Waals surface area contributed by atoms with Gasteiger partial charge < -0.3 is 9.84 Å². The molecule has 2 aromatic rings. The zero-order valence-electron chi connectivity index (χ0n) is 16.0. The van der Waals surface area contributed by atoms with E-state index in [0.29, 0.717) is 23.5 Å². The number of benzene rings is 2. The molecule has 0 radical (unpaired) electrons. The van der Waals surface area contributed by atoms with Gasteiger partial charge in [-0.1, -0.05) is 64.2 Å². The molecule has 2 rings (SSSR count). The summed E-state index contributed by atoms with van der Waals surface area (Å²) in [5.41, 5.74) is 1.50. The molecule has 1 N–H and O–H groups in total. The lowest BCUT2D eigenvalue weighted by atomic mass is 9.95. The molecule has 0 unspecified atom stereocenters. The molecule has 3 heteroatoms. The van der Waals surface area contributed by atoms with Crippen LogP contribution in [0.2, 0.25) is 0 Å². The lowest BCUT2D eigenvalue weighted by molar-refractivity contribution is 0.0987. The van der Waals surface area contributed by atoms with Crippen LogP contribution in [-0.4, -0.2) is 10.9 Å². The molecule has 0 bridgehead atoms. The van der Waals surface area contributed by atoms with Gasteiger partial charge in [-0.25, -0.2) is 0 Å². The molecule has 0 fully saturated rings. The molecule has 0 amide bonds. The van der Waals surface area contributed by atoms with Gasteiger partial charge in [0.1, 0.15) is 5.75 Å².